The summed E-state index contributed by atoms with van der Waals surface area (Å²) >= 11 is 12.2. The summed E-state index contributed by atoms with van der Waals surface area (Å²) in [5, 5.41) is 8.62. The van der Waals surface area contributed by atoms with Gasteiger partial charge in [-0.05, 0) is 30.5 Å². The molecule has 8 heteroatoms. The van der Waals surface area contributed by atoms with Gasteiger partial charge in [0.2, 0.25) is 0 Å². The molecule has 0 saturated heterocycles. The van der Waals surface area contributed by atoms with Crippen LogP contribution in [0.25, 0.3) is 0 Å². The molecule has 2 rings (SSSR count). The highest BCUT2D eigenvalue weighted by atomic mass is 35.5. The topological polar surface area (TPSA) is 96.2 Å². The highest BCUT2D eigenvalue weighted by Crippen LogP contribution is 2.25. The number of hydrogen-bond donors (Lipinski definition) is 4. The molecule has 1 aromatic carbocycles. The molecule has 122 valence electrons. The molecule has 0 unspecified atom stereocenters. The zero-order valence-corrected chi connectivity index (χ0v) is 13.7. The minimum atomic E-state index is -0.544. The fraction of sp³-hybridized carbons (Fsp3) is 0.200. The van der Waals surface area contributed by atoms with E-state index in [9.17, 15) is 9.59 Å². The predicted molar refractivity (Wildman–Crippen MR) is 89.8 cm³/mol. The number of nitrogens with two attached hydrogens (primary N) is 1. The standard InChI is InChI=1S/C15H16Cl2N4O2/c1-8-12(18)13(21-15(23)20-8)14(22)19-7-3-4-9-10(16)5-2-6-11(9)17/h2,5-6H,1,3-4,7,18H2,(H,19,22)(H2,20,21,23). The molecule has 0 saturated carbocycles. The summed E-state index contributed by atoms with van der Waals surface area (Å²) in [5.41, 5.74) is 6.87. The molecule has 0 atom stereocenters. The molecular weight excluding hydrogens is 339 g/mol. The number of benzene rings is 1. The second kappa shape index (κ2) is 7.39. The average Bonchev–Trinajstić information content (AvgIpc) is 2.49. The summed E-state index contributed by atoms with van der Waals surface area (Å²) in [7, 11) is 0. The van der Waals surface area contributed by atoms with E-state index in [1.807, 2.05) is 0 Å². The van der Waals surface area contributed by atoms with E-state index in [2.05, 4.69) is 22.5 Å². The van der Waals surface area contributed by atoms with Crippen molar-refractivity contribution in [1.29, 1.82) is 0 Å². The van der Waals surface area contributed by atoms with Gasteiger partial charge in [0.05, 0.1) is 11.4 Å². The summed E-state index contributed by atoms with van der Waals surface area (Å²) in [6.45, 7) is 3.95. The van der Waals surface area contributed by atoms with Crippen LogP contribution in [0.15, 0.2) is 41.9 Å². The minimum absolute atomic E-state index is 0.00507. The number of carbonyl (C=O) groups is 2. The number of rotatable bonds is 5. The van der Waals surface area contributed by atoms with Crippen LogP contribution in [0.5, 0.6) is 0 Å². The van der Waals surface area contributed by atoms with Crippen molar-refractivity contribution >= 4 is 35.1 Å². The van der Waals surface area contributed by atoms with Crippen LogP contribution in [0.1, 0.15) is 12.0 Å². The third kappa shape index (κ3) is 4.18. The van der Waals surface area contributed by atoms with Gasteiger partial charge >= 0.3 is 6.03 Å². The molecule has 0 spiro atoms. The average molecular weight is 355 g/mol. The first-order valence-corrected chi connectivity index (χ1v) is 7.64. The van der Waals surface area contributed by atoms with Crippen LogP contribution in [0.3, 0.4) is 0 Å². The van der Waals surface area contributed by atoms with Crippen LogP contribution in [-0.2, 0) is 11.2 Å². The Morgan fingerprint density at radius 2 is 1.91 bits per heavy atom. The van der Waals surface area contributed by atoms with Crippen LogP contribution >= 0.6 is 23.2 Å². The Hall–Kier alpha value is -2.18. The molecule has 1 heterocycles. The van der Waals surface area contributed by atoms with Gasteiger partial charge in [0, 0.05) is 16.6 Å². The molecule has 1 aliphatic heterocycles. The number of nitrogens with one attached hydrogen (secondary N) is 3. The number of halogens is 2. The fourth-order valence-electron chi connectivity index (χ4n) is 2.07. The van der Waals surface area contributed by atoms with Gasteiger partial charge in [-0.15, -0.1) is 0 Å². The number of urea groups is 1. The fourth-order valence-corrected chi connectivity index (χ4v) is 2.66. The summed E-state index contributed by atoms with van der Waals surface area (Å²) in [5.74, 6) is -0.469. The van der Waals surface area contributed by atoms with Gasteiger partial charge in [-0.25, -0.2) is 4.79 Å². The van der Waals surface area contributed by atoms with Gasteiger partial charge in [0.1, 0.15) is 5.70 Å². The van der Waals surface area contributed by atoms with Crippen molar-refractivity contribution in [2.45, 2.75) is 12.8 Å². The van der Waals surface area contributed by atoms with E-state index in [1.165, 1.54) is 0 Å². The molecular formula is C15H16Cl2N4O2. The normalized spacial score (nSPS) is 14.3. The van der Waals surface area contributed by atoms with E-state index in [1.54, 1.807) is 18.2 Å². The molecule has 0 fully saturated rings. The van der Waals surface area contributed by atoms with Gasteiger partial charge in [-0.3, -0.25) is 4.79 Å². The Bertz CT molecular complexity index is 680. The maximum atomic E-state index is 12.1. The van der Waals surface area contributed by atoms with Crippen molar-refractivity contribution < 1.29 is 9.59 Å². The zero-order chi connectivity index (χ0) is 17.0. The van der Waals surface area contributed by atoms with Gasteiger partial charge in [-0.2, -0.15) is 0 Å². The van der Waals surface area contributed by atoms with Crippen LogP contribution in [0.2, 0.25) is 10.0 Å². The minimum Gasteiger partial charge on any atom is -0.395 e. The van der Waals surface area contributed by atoms with Crippen molar-refractivity contribution in [2.24, 2.45) is 5.73 Å². The maximum Gasteiger partial charge on any atom is 0.323 e. The van der Waals surface area contributed by atoms with Gasteiger partial charge < -0.3 is 21.7 Å². The maximum absolute atomic E-state index is 12.1. The lowest BCUT2D eigenvalue weighted by Gasteiger charge is -2.20. The van der Waals surface area contributed by atoms with Crippen LogP contribution < -0.4 is 21.7 Å². The Morgan fingerprint density at radius 1 is 1.26 bits per heavy atom. The third-order valence-electron chi connectivity index (χ3n) is 3.28. The first-order chi connectivity index (χ1) is 10.9. The van der Waals surface area contributed by atoms with E-state index < -0.39 is 11.9 Å². The van der Waals surface area contributed by atoms with Crippen molar-refractivity contribution in [2.75, 3.05) is 6.54 Å². The Balaban J connectivity index is 1.89. The number of hydrogen-bond acceptors (Lipinski definition) is 3. The highest BCUT2D eigenvalue weighted by Gasteiger charge is 2.23. The number of carbonyl (C=O) groups excluding carboxylic acids is 2. The van der Waals surface area contributed by atoms with E-state index >= 15 is 0 Å². The molecule has 5 N–H and O–H groups in total. The SMILES string of the molecule is C=C1NC(=O)NC(C(=O)NCCCc2c(Cl)cccc2Cl)=C1N. The van der Waals surface area contributed by atoms with Crippen LogP contribution in [0.4, 0.5) is 4.79 Å². The second-order valence-corrected chi connectivity index (χ2v) is 5.72. The first kappa shape index (κ1) is 17.2. The third-order valence-corrected chi connectivity index (χ3v) is 3.98. The molecule has 23 heavy (non-hydrogen) atoms. The van der Waals surface area contributed by atoms with Gasteiger partial charge in [-0.1, -0.05) is 35.8 Å². The van der Waals surface area contributed by atoms with E-state index in [-0.39, 0.29) is 17.1 Å². The molecule has 0 radical (unpaired) electrons. The monoisotopic (exact) mass is 354 g/mol. The summed E-state index contributed by atoms with van der Waals surface area (Å²) in [6.07, 6.45) is 1.25. The van der Waals surface area contributed by atoms with Crippen molar-refractivity contribution in [3.8, 4) is 0 Å². The Kier molecular flexibility index (Phi) is 5.52. The Labute approximate surface area is 143 Å². The molecule has 6 nitrogen and oxygen atoms in total. The van der Waals surface area contributed by atoms with Crippen molar-refractivity contribution in [3.05, 3.63) is 57.5 Å². The second-order valence-electron chi connectivity index (χ2n) is 4.91. The van der Waals surface area contributed by atoms with Gasteiger partial charge in [0.15, 0.2) is 0 Å². The lowest BCUT2D eigenvalue weighted by atomic mass is 10.1. The van der Waals surface area contributed by atoms with Crippen LogP contribution in [-0.4, -0.2) is 18.5 Å². The van der Waals surface area contributed by atoms with E-state index in [0.29, 0.717) is 29.4 Å². The highest BCUT2D eigenvalue weighted by molar-refractivity contribution is 6.35. The quantitative estimate of drug-likeness (QED) is 0.609. The lowest BCUT2D eigenvalue weighted by molar-refractivity contribution is -0.117. The zero-order valence-electron chi connectivity index (χ0n) is 12.2. The smallest absolute Gasteiger partial charge is 0.323 e. The lowest BCUT2D eigenvalue weighted by Crippen LogP contribution is -2.47. The molecule has 3 amide bonds. The molecule has 1 aromatic rings. The summed E-state index contributed by atoms with van der Waals surface area (Å²) in [4.78, 5) is 23.4. The molecule has 0 bridgehead atoms. The largest absolute Gasteiger partial charge is 0.395 e. The Morgan fingerprint density at radius 3 is 2.57 bits per heavy atom. The molecule has 0 aliphatic carbocycles. The van der Waals surface area contributed by atoms with Crippen molar-refractivity contribution in [3.63, 3.8) is 0 Å². The van der Waals surface area contributed by atoms with Crippen LogP contribution in [0, 0.1) is 0 Å². The molecule has 0 aromatic heterocycles. The summed E-state index contributed by atoms with van der Waals surface area (Å²) in [6, 6.07) is 4.77. The predicted octanol–water partition coefficient (Wildman–Crippen LogP) is 2.04. The van der Waals surface area contributed by atoms with E-state index in [0.717, 1.165) is 5.56 Å². The summed E-state index contributed by atoms with van der Waals surface area (Å²) < 4.78 is 0. The van der Waals surface area contributed by atoms with Crippen molar-refractivity contribution in [1.82, 2.24) is 16.0 Å². The molecule has 1 aliphatic rings. The number of amides is 3. The van der Waals surface area contributed by atoms with E-state index in [4.69, 9.17) is 28.9 Å². The van der Waals surface area contributed by atoms with Gasteiger partial charge in [0.25, 0.3) is 5.91 Å². The first-order valence-electron chi connectivity index (χ1n) is 6.88.